The van der Waals surface area contributed by atoms with Gasteiger partial charge < -0.3 is 0 Å². The molecule has 0 N–H and O–H groups in total. The molecule has 0 bridgehead atoms. The Bertz CT molecular complexity index is 476. The van der Waals surface area contributed by atoms with Gasteiger partial charge in [-0.05, 0) is 23.8 Å². The number of hydrogen-bond donors (Lipinski definition) is 0. The molecule has 0 unspecified atom stereocenters. The van der Waals surface area contributed by atoms with Crippen LogP contribution in [-0.4, -0.2) is 15.0 Å². The van der Waals surface area contributed by atoms with Gasteiger partial charge >= 0.3 is 0 Å². The zero-order valence-corrected chi connectivity index (χ0v) is 8.85. The van der Waals surface area contributed by atoms with Crippen molar-refractivity contribution in [1.82, 2.24) is 15.0 Å². The molecular formula is C11H10ClN3. The molecule has 2 aromatic rings. The summed E-state index contributed by atoms with van der Waals surface area (Å²) in [5.41, 5.74) is 1.88. The predicted molar refractivity (Wildman–Crippen MR) is 60.7 cm³/mol. The maximum atomic E-state index is 5.88. The van der Waals surface area contributed by atoms with Gasteiger partial charge in [0.05, 0.1) is 12.7 Å². The van der Waals surface area contributed by atoms with Crippen molar-refractivity contribution in [2.45, 2.75) is 6.54 Å². The van der Waals surface area contributed by atoms with Gasteiger partial charge in [0.15, 0.2) is 0 Å². The minimum atomic E-state index is 0.668. The SMILES string of the molecule is C=Cc1cn(Cc2cccc(Cl)c2)nn1. The van der Waals surface area contributed by atoms with E-state index in [1.807, 2.05) is 30.5 Å². The van der Waals surface area contributed by atoms with Crippen molar-refractivity contribution in [3.63, 3.8) is 0 Å². The van der Waals surface area contributed by atoms with Crippen molar-refractivity contribution < 1.29 is 0 Å². The molecule has 0 atom stereocenters. The number of aromatic nitrogens is 3. The first-order chi connectivity index (χ1) is 7.28. The Kier molecular flexibility index (Phi) is 2.83. The number of halogens is 1. The molecule has 3 nitrogen and oxygen atoms in total. The summed E-state index contributed by atoms with van der Waals surface area (Å²) in [6.07, 6.45) is 3.51. The summed E-state index contributed by atoms with van der Waals surface area (Å²) in [6, 6.07) is 7.68. The van der Waals surface area contributed by atoms with Gasteiger partial charge in [-0.1, -0.05) is 35.5 Å². The molecule has 1 aromatic carbocycles. The Morgan fingerprint density at radius 3 is 3.00 bits per heavy atom. The number of nitrogens with zero attached hydrogens (tertiary/aromatic N) is 3. The van der Waals surface area contributed by atoms with Gasteiger partial charge in [-0.25, -0.2) is 4.68 Å². The van der Waals surface area contributed by atoms with Crippen molar-refractivity contribution in [2.75, 3.05) is 0 Å². The Labute approximate surface area is 93.0 Å². The molecule has 4 heteroatoms. The number of hydrogen-bond acceptors (Lipinski definition) is 2. The van der Waals surface area contributed by atoms with Gasteiger partial charge in [-0.3, -0.25) is 0 Å². The Balaban J connectivity index is 2.18. The van der Waals surface area contributed by atoms with E-state index in [2.05, 4.69) is 16.9 Å². The van der Waals surface area contributed by atoms with Gasteiger partial charge in [0.1, 0.15) is 5.69 Å². The fraction of sp³-hybridized carbons (Fsp3) is 0.0909. The smallest absolute Gasteiger partial charge is 0.105 e. The van der Waals surface area contributed by atoms with Crippen LogP contribution in [0.2, 0.25) is 5.02 Å². The molecule has 2 rings (SSSR count). The molecule has 0 spiro atoms. The fourth-order valence-electron chi connectivity index (χ4n) is 1.31. The highest BCUT2D eigenvalue weighted by Gasteiger charge is 1.99. The molecule has 76 valence electrons. The van der Waals surface area contributed by atoms with Crippen LogP contribution in [0.15, 0.2) is 37.0 Å². The van der Waals surface area contributed by atoms with E-state index in [9.17, 15) is 0 Å². The van der Waals surface area contributed by atoms with Crippen molar-refractivity contribution in [2.24, 2.45) is 0 Å². The van der Waals surface area contributed by atoms with Crippen LogP contribution in [0.1, 0.15) is 11.3 Å². The Hall–Kier alpha value is -1.61. The van der Waals surface area contributed by atoms with Gasteiger partial charge in [0.2, 0.25) is 0 Å². The van der Waals surface area contributed by atoms with Gasteiger partial charge in [0, 0.05) is 5.02 Å². The van der Waals surface area contributed by atoms with Crippen LogP contribution in [0, 0.1) is 0 Å². The first-order valence-corrected chi connectivity index (χ1v) is 4.93. The molecule has 0 aliphatic heterocycles. The van der Waals surface area contributed by atoms with E-state index in [1.54, 1.807) is 10.8 Å². The summed E-state index contributed by atoms with van der Waals surface area (Å²) < 4.78 is 1.75. The summed E-state index contributed by atoms with van der Waals surface area (Å²) in [5, 5.41) is 8.61. The zero-order valence-electron chi connectivity index (χ0n) is 8.10. The monoisotopic (exact) mass is 219 g/mol. The normalized spacial score (nSPS) is 10.2. The topological polar surface area (TPSA) is 30.7 Å². The maximum Gasteiger partial charge on any atom is 0.105 e. The summed E-state index contributed by atoms with van der Waals surface area (Å²) in [4.78, 5) is 0. The van der Waals surface area contributed by atoms with Crippen LogP contribution in [0.3, 0.4) is 0 Å². The molecular weight excluding hydrogens is 210 g/mol. The first kappa shape index (κ1) is 9.93. The van der Waals surface area contributed by atoms with E-state index in [0.717, 1.165) is 16.3 Å². The summed E-state index contributed by atoms with van der Waals surface area (Å²) in [7, 11) is 0. The number of benzene rings is 1. The average Bonchev–Trinajstić information content (AvgIpc) is 2.65. The average molecular weight is 220 g/mol. The minimum Gasteiger partial charge on any atom is -0.248 e. The van der Waals surface area contributed by atoms with E-state index in [1.165, 1.54) is 0 Å². The van der Waals surface area contributed by atoms with Crippen LogP contribution < -0.4 is 0 Å². The van der Waals surface area contributed by atoms with Crippen LogP contribution in [0.4, 0.5) is 0 Å². The zero-order chi connectivity index (χ0) is 10.7. The quantitative estimate of drug-likeness (QED) is 0.795. The molecule has 0 fully saturated rings. The molecule has 0 saturated carbocycles. The van der Waals surface area contributed by atoms with Gasteiger partial charge in [0.25, 0.3) is 0 Å². The maximum absolute atomic E-state index is 5.88. The van der Waals surface area contributed by atoms with E-state index < -0.39 is 0 Å². The number of rotatable bonds is 3. The van der Waals surface area contributed by atoms with Crippen molar-refractivity contribution >= 4 is 17.7 Å². The largest absolute Gasteiger partial charge is 0.248 e. The van der Waals surface area contributed by atoms with Gasteiger partial charge in [-0.15, -0.1) is 5.10 Å². The van der Waals surface area contributed by atoms with E-state index in [4.69, 9.17) is 11.6 Å². The second-order valence-corrected chi connectivity index (χ2v) is 3.61. The molecule has 1 heterocycles. The lowest BCUT2D eigenvalue weighted by Crippen LogP contribution is -2.00. The molecule has 15 heavy (non-hydrogen) atoms. The Morgan fingerprint density at radius 2 is 2.33 bits per heavy atom. The van der Waals surface area contributed by atoms with E-state index >= 15 is 0 Å². The highest BCUT2D eigenvalue weighted by atomic mass is 35.5. The standard InChI is InChI=1S/C11H10ClN3/c1-2-11-8-15(14-13-11)7-9-4-3-5-10(12)6-9/h2-6,8H,1,7H2. The molecule has 0 aliphatic carbocycles. The molecule has 0 amide bonds. The van der Waals surface area contributed by atoms with Crippen LogP contribution in [0.5, 0.6) is 0 Å². The first-order valence-electron chi connectivity index (χ1n) is 4.55. The molecule has 0 aliphatic rings. The van der Waals surface area contributed by atoms with E-state index in [-0.39, 0.29) is 0 Å². The van der Waals surface area contributed by atoms with E-state index in [0.29, 0.717) is 6.54 Å². The fourth-order valence-corrected chi connectivity index (χ4v) is 1.52. The summed E-state index contributed by atoms with van der Waals surface area (Å²) >= 11 is 5.88. The highest BCUT2D eigenvalue weighted by Crippen LogP contribution is 2.11. The summed E-state index contributed by atoms with van der Waals surface area (Å²) in [6.45, 7) is 4.30. The lowest BCUT2D eigenvalue weighted by Gasteiger charge is -2.00. The third-order valence-electron chi connectivity index (χ3n) is 2.00. The lowest BCUT2D eigenvalue weighted by molar-refractivity contribution is 0.649. The minimum absolute atomic E-state index is 0.668. The molecule has 0 saturated heterocycles. The lowest BCUT2D eigenvalue weighted by atomic mass is 10.2. The van der Waals surface area contributed by atoms with Crippen LogP contribution in [0.25, 0.3) is 6.08 Å². The third-order valence-corrected chi connectivity index (χ3v) is 2.23. The van der Waals surface area contributed by atoms with Crippen molar-refractivity contribution in [1.29, 1.82) is 0 Å². The second-order valence-electron chi connectivity index (χ2n) is 3.18. The molecule has 0 radical (unpaired) electrons. The highest BCUT2D eigenvalue weighted by molar-refractivity contribution is 6.30. The third kappa shape index (κ3) is 2.44. The van der Waals surface area contributed by atoms with Crippen LogP contribution in [-0.2, 0) is 6.54 Å². The van der Waals surface area contributed by atoms with Crippen molar-refractivity contribution in [3.8, 4) is 0 Å². The van der Waals surface area contributed by atoms with Crippen LogP contribution >= 0.6 is 11.6 Å². The summed E-state index contributed by atoms with van der Waals surface area (Å²) in [5.74, 6) is 0. The Morgan fingerprint density at radius 1 is 1.47 bits per heavy atom. The molecule has 1 aromatic heterocycles. The second kappa shape index (κ2) is 4.28. The predicted octanol–water partition coefficient (Wildman–Crippen LogP) is 2.62. The van der Waals surface area contributed by atoms with Gasteiger partial charge in [-0.2, -0.15) is 0 Å². The van der Waals surface area contributed by atoms with Crippen molar-refractivity contribution in [3.05, 3.63) is 53.3 Å².